The summed E-state index contributed by atoms with van der Waals surface area (Å²) in [7, 11) is 0. The van der Waals surface area contributed by atoms with Crippen LogP contribution in [0.1, 0.15) is 114 Å². The number of hydrogen-bond donors (Lipinski definition) is 2. The van der Waals surface area contributed by atoms with E-state index in [1.165, 1.54) is 17.3 Å². The van der Waals surface area contributed by atoms with Crippen molar-refractivity contribution in [2.75, 3.05) is 26.3 Å². The molecule has 2 aliphatic heterocycles. The number of amides is 4. The van der Waals surface area contributed by atoms with E-state index < -0.39 is 90.3 Å². The zero-order valence-corrected chi connectivity index (χ0v) is 42.4. The number of nitrogens with zero attached hydrogens (tertiary/aromatic N) is 8. The van der Waals surface area contributed by atoms with E-state index in [4.69, 9.17) is 9.47 Å². The maximum atomic E-state index is 15.1. The van der Waals surface area contributed by atoms with Gasteiger partial charge in [-0.15, -0.1) is 0 Å². The van der Waals surface area contributed by atoms with Crippen molar-refractivity contribution in [2.24, 2.45) is 0 Å². The highest BCUT2D eigenvalue weighted by atomic mass is 19.1. The summed E-state index contributed by atoms with van der Waals surface area (Å²) in [6.45, 7) is 1.93. The molecule has 2 aliphatic carbocycles. The van der Waals surface area contributed by atoms with Crippen LogP contribution in [0.3, 0.4) is 0 Å². The van der Waals surface area contributed by atoms with E-state index in [-0.39, 0.29) is 62.0 Å². The number of halogens is 3. The number of carbonyl (C=O) groups excluding carboxylic acids is 4. The summed E-state index contributed by atoms with van der Waals surface area (Å²) in [5.74, 6) is -3.23. The highest BCUT2D eigenvalue weighted by Crippen LogP contribution is 2.42. The van der Waals surface area contributed by atoms with Crippen molar-refractivity contribution in [1.82, 2.24) is 49.5 Å². The van der Waals surface area contributed by atoms with Crippen LogP contribution in [0.15, 0.2) is 107 Å². The molecule has 2 N–H and O–H groups in total. The minimum Gasteiger partial charge on any atom is -0.474 e. The first-order valence-corrected chi connectivity index (χ1v) is 25.9. The molecule has 0 unspecified atom stereocenters. The van der Waals surface area contributed by atoms with Crippen LogP contribution < -0.4 is 31.5 Å². The van der Waals surface area contributed by atoms with Crippen molar-refractivity contribution in [1.29, 1.82) is 0 Å². The Hall–Kier alpha value is -8.23. The maximum absolute atomic E-state index is 15.1. The van der Waals surface area contributed by atoms with Crippen molar-refractivity contribution in [3.05, 3.63) is 175 Å². The summed E-state index contributed by atoms with van der Waals surface area (Å²) in [6, 6.07) is 21.0. The van der Waals surface area contributed by atoms with E-state index in [1.54, 1.807) is 68.4 Å². The van der Waals surface area contributed by atoms with Crippen LogP contribution in [-0.2, 0) is 32.3 Å². The monoisotopic (exact) mass is 1050 g/mol. The molecular formula is C56H57F3N10O8. The number of aryl methyl sites for hydroxylation is 2. The van der Waals surface area contributed by atoms with E-state index in [2.05, 4.69) is 30.6 Å². The van der Waals surface area contributed by atoms with E-state index in [9.17, 15) is 28.8 Å². The topological polar surface area (TPSA) is 213 Å². The third kappa shape index (κ3) is 11.9. The first-order chi connectivity index (χ1) is 37.2. The van der Waals surface area contributed by atoms with Gasteiger partial charge in [0, 0.05) is 47.6 Å². The quantitative estimate of drug-likeness (QED) is 0.0767. The third-order valence-electron chi connectivity index (χ3n) is 14.4. The summed E-state index contributed by atoms with van der Waals surface area (Å²) in [4.78, 5) is 101. The molecule has 10 rings (SSSR count). The molecule has 4 amide bonds. The number of ether oxygens (including phenoxy) is 2. The summed E-state index contributed by atoms with van der Waals surface area (Å²) in [6.07, 6.45) is 5.51. The number of carbonyl (C=O) groups is 4. The highest BCUT2D eigenvalue weighted by molar-refractivity contribution is 5.89. The van der Waals surface area contributed by atoms with Crippen molar-refractivity contribution in [3.63, 3.8) is 0 Å². The number of likely N-dealkylation sites (tertiary alicyclic amines) is 2. The SMILES string of the molecule is Cc1cn(CC(=O)N2CCC[C@H]2C(=O)N[C@@H](c2ccccc2)c2ccc(C3CC3)c(F)n2)c(=O)nc1OCCOc1nc(=O)n(CC(=O)N2C[C@H](F)C[C@H]2C(=O)N[C@@H](c2ccccc2)c2ccc(C3CC3)c(F)n2)cc1C. The maximum Gasteiger partial charge on any atom is 0.351 e. The molecule has 2 aromatic carbocycles. The van der Waals surface area contributed by atoms with Crippen LogP contribution in [-0.4, -0.2) is 107 Å². The predicted molar refractivity (Wildman–Crippen MR) is 272 cm³/mol. The van der Waals surface area contributed by atoms with Gasteiger partial charge in [-0.2, -0.15) is 18.7 Å². The number of alkyl halides is 1. The largest absolute Gasteiger partial charge is 0.474 e. The molecule has 0 bridgehead atoms. The van der Waals surface area contributed by atoms with E-state index in [1.807, 2.05) is 30.3 Å². The van der Waals surface area contributed by atoms with E-state index >= 15 is 13.2 Å². The molecule has 5 atom stereocenters. The zero-order chi connectivity index (χ0) is 53.9. The lowest BCUT2D eigenvalue weighted by atomic mass is 10.0. The van der Waals surface area contributed by atoms with Crippen molar-refractivity contribution in [3.8, 4) is 11.8 Å². The van der Waals surface area contributed by atoms with Gasteiger partial charge in [-0.3, -0.25) is 28.3 Å². The fourth-order valence-electron chi connectivity index (χ4n) is 10.1. The van der Waals surface area contributed by atoms with Crippen LogP contribution in [0.25, 0.3) is 0 Å². The van der Waals surface area contributed by atoms with Gasteiger partial charge in [0.05, 0.1) is 30.0 Å². The minimum atomic E-state index is -1.52. The van der Waals surface area contributed by atoms with E-state index in [0.717, 1.165) is 39.7 Å². The van der Waals surface area contributed by atoms with Crippen LogP contribution >= 0.6 is 0 Å². The van der Waals surface area contributed by atoms with Crippen molar-refractivity contribution >= 4 is 23.6 Å². The average molecular weight is 1060 g/mol. The molecule has 21 heteroatoms. The second kappa shape index (κ2) is 22.5. The molecular weight excluding hydrogens is 998 g/mol. The smallest absolute Gasteiger partial charge is 0.351 e. The number of benzene rings is 2. The lowest BCUT2D eigenvalue weighted by Crippen LogP contribution is -2.48. The van der Waals surface area contributed by atoms with Gasteiger partial charge < -0.3 is 29.9 Å². The molecule has 2 saturated heterocycles. The Morgan fingerprint density at radius 2 is 1.06 bits per heavy atom. The molecule has 400 valence electrons. The molecule has 4 aliphatic rings. The second-order valence-corrected chi connectivity index (χ2v) is 20.1. The average Bonchev–Trinajstić information content (AvgIpc) is 4.36. The fourth-order valence-corrected chi connectivity index (χ4v) is 10.1. The van der Waals surface area contributed by atoms with Gasteiger partial charge in [0.25, 0.3) is 0 Å². The second-order valence-electron chi connectivity index (χ2n) is 20.1. The number of pyridine rings is 2. The van der Waals surface area contributed by atoms with Crippen LogP contribution in [0.4, 0.5) is 13.2 Å². The zero-order valence-electron chi connectivity index (χ0n) is 42.4. The third-order valence-corrected chi connectivity index (χ3v) is 14.4. The molecule has 4 fully saturated rings. The first-order valence-electron chi connectivity index (χ1n) is 25.9. The van der Waals surface area contributed by atoms with Gasteiger partial charge in [0.2, 0.25) is 47.3 Å². The normalized spacial score (nSPS) is 18.9. The Balaban J connectivity index is 0.723. The van der Waals surface area contributed by atoms with Crippen LogP contribution in [0, 0.1) is 25.7 Å². The lowest BCUT2D eigenvalue weighted by Gasteiger charge is -2.27. The summed E-state index contributed by atoms with van der Waals surface area (Å²) in [5.41, 5.74) is 2.15. The minimum absolute atomic E-state index is 0.0189. The molecule has 77 heavy (non-hydrogen) atoms. The first kappa shape index (κ1) is 52.2. The van der Waals surface area contributed by atoms with E-state index in [0.29, 0.717) is 51.9 Å². The van der Waals surface area contributed by atoms with Crippen molar-refractivity contribution < 1.29 is 41.8 Å². The number of aromatic nitrogens is 6. The molecule has 0 radical (unpaired) electrons. The summed E-state index contributed by atoms with van der Waals surface area (Å²) in [5, 5.41) is 5.88. The number of rotatable bonds is 19. The Bertz CT molecular complexity index is 3320. The fraction of sp³-hybridized carbons (Fsp3) is 0.393. The molecule has 2 saturated carbocycles. The van der Waals surface area contributed by atoms with Gasteiger partial charge in [-0.25, -0.2) is 23.9 Å². The molecule has 6 heterocycles. The van der Waals surface area contributed by atoms with Crippen molar-refractivity contribution in [2.45, 2.75) is 114 Å². The lowest BCUT2D eigenvalue weighted by molar-refractivity contribution is -0.139. The van der Waals surface area contributed by atoms with Crippen LogP contribution in [0.5, 0.6) is 11.8 Å². The van der Waals surface area contributed by atoms with Gasteiger partial charge in [0.1, 0.15) is 44.6 Å². The number of hydrogen-bond acceptors (Lipinski definition) is 12. The Labute approximate surface area is 440 Å². The highest BCUT2D eigenvalue weighted by Gasteiger charge is 2.41. The van der Waals surface area contributed by atoms with Crippen LogP contribution in [0.2, 0.25) is 0 Å². The number of nitrogens with one attached hydrogen (secondary N) is 2. The molecule has 6 aromatic rings. The standard InChI is InChI=1S/C56H57F3N10O8/c1-32-27-66(30-45(70)68-23-9-14-43(68)51(72)62-47(36-10-5-3-6-11-36)41-21-19-39(34-15-16-34)49(58)60-41)55(74)64-53(32)76-24-25-77-54-33(2)28-67(56(75)65-54)31-46(71)69-29-38(57)26-44(69)52(73)63-48(37-12-7-4-8-13-37)42-22-20-40(35-17-18-35)50(59)61-42/h3-8,10-13,19-22,27-28,34-35,38,43-44,47-48H,9,14-18,23-26,29-31H2,1-2H3,(H,62,72)(H,63,73)/t38-,43+,44+,47+,48+/m1/s1. The van der Waals surface area contributed by atoms with Gasteiger partial charge in [0.15, 0.2) is 0 Å². The Morgan fingerprint density at radius 3 is 1.52 bits per heavy atom. The van der Waals surface area contributed by atoms with Gasteiger partial charge in [-0.05, 0) is 87.5 Å². The van der Waals surface area contributed by atoms with Gasteiger partial charge >= 0.3 is 11.4 Å². The Kier molecular flexibility index (Phi) is 15.3. The Morgan fingerprint density at radius 1 is 0.610 bits per heavy atom. The summed E-state index contributed by atoms with van der Waals surface area (Å²) < 4.78 is 58.9. The molecule has 18 nitrogen and oxygen atoms in total. The van der Waals surface area contributed by atoms with Gasteiger partial charge in [-0.1, -0.05) is 72.8 Å². The molecule has 4 aromatic heterocycles. The predicted octanol–water partition coefficient (Wildman–Crippen LogP) is 5.44. The summed E-state index contributed by atoms with van der Waals surface area (Å²) >= 11 is 0. The molecule has 0 spiro atoms.